The highest BCUT2D eigenvalue weighted by Gasteiger charge is 2.32. The van der Waals surface area contributed by atoms with Crippen LogP contribution in [0.3, 0.4) is 0 Å². The molecule has 1 fully saturated rings. The molecule has 2 atom stereocenters. The van der Waals surface area contributed by atoms with Crippen molar-refractivity contribution in [3.05, 3.63) is 0 Å². The Labute approximate surface area is 76.1 Å². The lowest BCUT2D eigenvalue weighted by molar-refractivity contribution is 0.178. The van der Waals surface area contributed by atoms with Crippen molar-refractivity contribution < 1.29 is 0 Å². The molecule has 0 aliphatic carbocycles. The van der Waals surface area contributed by atoms with Crippen molar-refractivity contribution in [1.82, 2.24) is 4.90 Å². The van der Waals surface area contributed by atoms with Gasteiger partial charge in [-0.05, 0) is 45.7 Å². The first-order chi connectivity index (χ1) is 5.70. The van der Waals surface area contributed by atoms with E-state index in [-0.39, 0.29) is 0 Å². The van der Waals surface area contributed by atoms with Crippen molar-refractivity contribution in [3.8, 4) is 0 Å². The van der Waals surface area contributed by atoms with E-state index in [0.717, 1.165) is 18.5 Å². The van der Waals surface area contributed by atoms with Crippen molar-refractivity contribution in [2.45, 2.75) is 45.7 Å². The minimum atomic E-state index is 0.687. The highest BCUT2D eigenvalue weighted by molar-refractivity contribution is 4.88. The topological polar surface area (TPSA) is 29.3 Å². The Morgan fingerprint density at radius 3 is 2.58 bits per heavy atom. The predicted molar refractivity (Wildman–Crippen MR) is 53.1 cm³/mol. The highest BCUT2D eigenvalue weighted by Crippen LogP contribution is 2.27. The van der Waals surface area contributed by atoms with Gasteiger partial charge in [0.15, 0.2) is 0 Å². The van der Waals surface area contributed by atoms with E-state index in [1.807, 2.05) is 0 Å². The molecule has 0 amide bonds. The van der Waals surface area contributed by atoms with Crippen LogP contribution < -0.4 is 5.73 Å². The van der Waals surface area contributed by atoms with Gasteiger partial charge in [0.25, 0.3) is 0 Å². The van der Waals surface area contributed by atoms with Gasteiger partial charge >= 0.3 is 0 Å². The van der Waals surface area contributed by atoms with Gasteiger partial charge in [0.1, 0.15) is 0 Å². The Kier molecular flexibility index (Phi) is 3.53. The molecule has 1 aliphatic rings. The Bertz CT molecular complexity index is 134. The molecule has 2 N–H and O–H groups in total. The fraction of sp³-hybridized carbons (Fsp3) is 1.00. The van der Waals surface area contributed by atoms with Gasteiger partial charge in [0, 0.05) is 12.1 Å². The van der Waals surface area contributed by atoms with Crippen LogP contribution in [0.4, 0.5) is 0 Å². The molecule has 0 aromatic heterocycles. The van der Waals surface area contributed by atoms with Crippen LogP contribution in [0.5, 0.6) is 0 Å². The standard InChI is InChI=1S/C10H22N2/c1-4-10-9(7-11)5-6-12(10)8(2)3/h8-10H,4-7,11H2,1-3H3. The summed E-state index contributed by atoms with van der Waals surface area (Å²) < 4.78 is 0. The lowest BCUT2D eigenvalue weighted by Crippen LogP contribution is -2.39. The van der Waals surface area contributed by atoms with Gasteiger partial charge in [-0.25, -0.2) is 0 Å². The lowest BCUT2D eigenvalue weighted by atomic mass is 9.98. The van der Waals surface area contributed by atoms with E-state index in [0.29, 0.717) is 6.04 Å². The van der Waals surface area contributed by atoms with Crippen LogP contribution in [0.2, 0.25) is 0 Å². The minimum absolute atomic E-state index is 0.687. The van der Waals surface area contributed by atoms with Gasteiger partial charge in [-0.1, -0.05) is 6.92 Å². The monoisotopic (exact) mass is 170 g/mol. The molecule has 12 heavy (non-hydrogen) atoms. The van der Waals surface area contributed by atoms with Crippen molar-refractivity contribution >= 4 is 0 Å². The Hall–Kier alpha value is -0.0800. The Balaban J connectivity index is 2.56. The molecule has 1 heterocycles. The number of rotatable bonds is 3. The maximum atomic E-state index is 5.74. The zero-order valence-electron chi connectivity index (χ0n) is 8.59. The summed E-state index contributed by atoms with van der Waals surface area (Å²) in [5.41, 5.74) is 5.74. The highest BCUT2D eigenvalue weighted by atomic mass is 15.2. The van der Waals surface area contributed by atoms with E-state index in [4.69, 9.17) is 5.73 Å². The van der Waals surface area contributed by atoms with Gasteiger partial charge in [-0.2, -0.15) is 0 Å². The van der Waals surface area contributed by atoms with E-state index in [9.17, 15) is 0 Å². The van der Waals surface area contributed by atoms with Gasteiger partial charge in [-0.15, -0.1) is 0 Å². The van der Waals surface area contributed by atoms with Crippen molar-refractivity contribution in [2.75, 3.05) is 13.1 Å². The van der Waals surface area contributed by atoms with Crippen LogP contribution in [-0.2, 0) is 0 Å². The molecule has 0 saturated carbocycles. The van der Waals surface area contributed by atoms with Gasteiger partial charge in [-0.3, -0.25) is 4.90 Å². The smallest absolute Gasteiger partial charge is 0.0136 e. The number of hydrogen-bond acceptors (Lipinski definition) is 2. The number of likely N-dealkylation sites (tertiary alicyclic amines) is 1. The van der Waals surface area contributed by atoms with Gasteiger partial charge in [0.2, 0.25) is 0 Å². The average Bonchev–Trinajstić information content (AvgIpc) is 2.46. The van der Waals surface area contributed by atoms with Crippen molar-refractivity contribution in [3.63, 3.8) is 0 Å². The maximum Gasteiger partial charge on any atom is 0.0136 e. The summed E-state index contributed by atoms with van der Waals surface area (Å²) in [6.07, 6.45) is 2.55. The van der Waals surface area contributed by atoms with E-state index >= 15 is 0 Å². The summed E-state index contributed by atoms with van der Waals surface area (Å²) in [6.45, 7) is 8.94. The fourth-order valence-electron chi connectivity index (χ4n) is 2.43. The zero-order chi connectivity index (χ0) is 9.14. The average molecular weight is 170 g/mol. The van der Waals surface area contributed by atoms with Crippen LogP contribution in [0.25, 0.3) is 0 Å². The molecule has 0 bridgehead atoms. The molecule has 0 aromatic carbocycles. The van der Waals surface area contributed by atoms with Crippen LogP contribution in [0.1, 0.15) is 33.6 Å². The third-order valence-corrected chi connectivity index (χ3v) is 3.11. The molecule has 2 heteroatoms. The first-order valence-electron chi connectivity index (χ1n) is 5.16. The van der Waals surface area contributed by atoms with Crippen LogP contribution >= 0.6 is 0 Å². The summed E-state index contributed by atoms with van der Waals surface area (Å²) >= 11 is 0. The fourth-order valence-corrected chi connectivity index (χ4v) is 2.43. The molecular weight excluding hydrogens is 148 g/mol. The molecule has 0 spiro atoms. The molecule has 1 saturated heterocycles. The third kappa shape index (κ3) is 1.80. The SMILES string of the molecule is CCC1C(CN)CCN1C(C)C. The zero-order valence-corrected chi connectivity index (χ0v) is 8.59. The second-order valence-corrected chi connectivity index (χ2v) is 4.09. The predicted octanol–water partition coefficient (Wildman–Crippen LogP) is 1.45. The van der Waals surface area contributed by atoms with Gasteiger partial charge < -0.3 is 5.73 Å². The molecule has 0 aromatic rings. The third-order valence-electron chi connectivity index (χ3n) is 3.11. The van der Waals surface area contributed by atoms with E-state index in [1.165, 1.54) is 19.4 Å². The lowest BCUT2D eigenvalue weighted by Gasteiger charge is -2.29. The molecular formula is C10H22N2. The van der Waals surface area contributed by atoms with Gasteiger partial charge in [0.05, 0.1) is 0 Å². The summed E-state index contributed by atoms with van der Waals surface area (Å²) in [5, 5.41) is 0. The first-order valence-corrected chi connectivity index (χ1v) is 5.16. The normalized spacial score (nSPS) is 31.8. The van der Waals surface area contributed by atoms with E-state index in [2.05, 4.69) is 25.7 Å². The molecule has 0 radical (unpaired) electrons. The number of nitrogens with zero attached hydrogens (tertiary/aromatic N) is 1. The van der Waals surface area contributed by atoms with E-state index < -0.39 is 0 Å². The summed E-state index contributed by atoms with van der Waals surface area (Å²) in [6, 6.07) is 1.43. The second-order valence-electron chi connectivity index (χ2n) is 4.09. The molecule has 72 valence electrons. The minimum Gasteiger partial charge on any atom is -0.330 e. The van der Waals surface area contributed by atoms with Crippen LogP contribution in [0, 0.1) is 5.92 Å². The maximum absolute atomic E-state index is 5.74. The van der Waals surface area contributed by atoms with Crippen molar-refractivity contribution in [2.24, 2.45) is 11.7 Å². The summed E-state index contributed by atoms with van der Waals surface area (Å²) in [4.78, 5) is 2.59. The Morgan fingerprint density at radius 2 is 2.17 bits per heavy atom. The number of nitrogens with two attached hydrogens (primary N) is 1. The molecule has 1 aliphatic heterocycles. The van der Waals surface area contributed by atoms with Crippen LogP contribution in [0.15, 0.2) is 0 Å². The first kappa shape index (κ1) is 10.0. The quantitative estimate of drug-likeness (QED) is 0.694. The number of hydrogen-bond donors (Lipinski definition) is 1. The molecule has 2 unspecified atom stereocenters. The molecule has 1 rings (SSSR count). The van der Waals surface area contributed by atoms with E-state index in [1.54, 1.807) is 0 Å². The summed E-state index contributed by atoms with van der Waals surface area (Å²) in [5.74, 6) is 0.748. The largest absolute Gasteiger partial charge is 0.330 e. The molecule has 2 nitrogen and oxygen atoms in total. The van der Waals surface area contributed by atoms with Crippen molar-refractivity contribution in [1.29, 1.82) is 0 Å². The Morgan fingerprint density at radius 1 is 1.50 bits per heavy atom. The second kappa shape index (κ2) is 4.24. The summed E-state index contributed by atoms with van der Waals surface area (Å²) in [7, 11) is 0. The van der Waals surface area contributed by atoms with Crippen LogP contribution in [-0.4, -0.2) is 30.1 Å².